The smallest absolute Gasteiger partial charge is 0.0261 e. The van der Waals surface area contributed by atoms with Gasteiger partial charge in [-0.1, -0.05) is 6.92 Å². The molecule has 3 rings (SSSR count). The lowest BCUT2D eigenvalue weighted by molar-refractivity contribution is 0.0500. The predicted octanol–water partition coefficient (Wildman–Crippen LogP) is 0.944. The highest BCUT2D eigenvalue weighted by Gasteiger charge is 2.33. The Hall–Kier alpha value is -0.160. The molecule has 1 N–H and O–H groups in total. The summed E-state index contributed by atoms with van der Waals surface area (Å²) in [5.41, 5.74) is 0. The van der Waals surface area contributed by atoms with Crippen molar-refractivity contribution >= 4 is 0 Å². The Labute approximate surface area is 130 Å². The molecule has 0 aliphatic carbocycles. The summed E-state index contributed by atoms with van der Waals surface area (Å²) in [6, 6.07) is 0.783. The van der Waals surface area contributed by atoms with Crippen LogP contribution in [0.5, 0.6) is 0 Å². The maximum Gasteiger partial charge on any atom is 0.0261 e. The molecule has 21 heavy (non-hydrogen) atoms. The zero-order valence-electron chi connectivity index (χ0n) is 14.1. The fraction of sp³-hybridized carbons (Fsp3) is 1.00. The molecule has 2 atom stereocenters. The molecule has 4 nitrogen and oxygen atoms in total. The first-order chi connectivity index (χ1) is 10.2. The van der Waals surface area contributed by atoms with Gasteiger partial charge in [0.25, 0.3) is 0 Å². The van der Waals surface area contributed by atoms with Crippen molar-refractivity contribution in [3.05, 3.63) is 0 Å². The van der Waals surface area contributed by atoms with Crippen LogP contribution in [-0.2, 0) is 0 Å². The van der Waals surface area contributed by atoms with Crippen LogP contribution in [0, 0.1) is 11.8 Å². The van der Waals surface area contributed by atoms with Crippen LogP contribution in [-0.4, -0.2) is 86.7 Å². The van der Waals surface area contributed by atoms with Crippen molar-refractivity contribution in [2.75, 3.05) is 66.0 Å². The second-order valence-electron chi connectivity index (χ2n) is 7.64. The second-order valence-corrected chi connectivity index (χ2v) is 7.64. The zero-order chi connectivity index (χ0) is 14.7. The number of nitrogens with one attached hydrogen (secondary N) is 1. The number of rotatable bonds is 3. The summed E-state index contributed by atoms with van der Waals surface area (Å²) in [6.45, 7) is 13.9. The van der Waals surface area contributed by atoms with E-state index in [2.05, 4.69) is 34.0 Å². The fourth-order valence-electron chi connectivity index (χ4n) is 4.26. The van der Waals surface area contributed by atoms with E-state index in [1.807, 2.05) is 0 Å². The van der Waals surface area contributed by atoms with Crippen LogP contribution >= 0.6 is 0 Å². The van der Waals surface area contributed by atoms with Crippen LogP contribution in [0.3, 0.4) is 0 Å². The Morgan fingerprint density at radius 1 is 0.952 bits per heavy atom. The van der Waals surface area contributed by atoms with E-state index < -0.39 is 0 Å². The van der Waals surface area contributed by atoms with Gasteiger partial charge in [-0.05, 0) is 57.8 Å². The topological polar surface area (TPSA) is 21.8 Å². The van der Waals surface area contributed by atoms with Crippen molar-refractivity contribution in [3.8, 4) is 0 Å². The van der Waals surface area contributed by atoms with Gasteiger partial charge >= 0.3 is 0 Å². The molecule has 3 saturated heterocycles. The van der Waals surface area contributed by atoms with Gasteiger partial charge in [0.2, 0.25) is 0 Å². The highest BCUT2D eigenvalue weighted by atomic mass is 15.3. The summed E-state index contributed by atoms with van der Waals surface area (Å²) < 4.78 is 0. The molecule has 3 heterocycles. The van der Waals surface area contributed by atoms with Gasteiger partial charge < -0.3 is 15.1 Å². The molecule has 0 radical (unpaired) electrons. The SMILES string of the molecule is CC1CCN(C2CNCCC2CN2CCN(C)CC2)CC1. The van der Waals surface area contributed by atoms with Crippen molar-refractivity contribution in [1.82, 2.24) is 20.0 Å². The lowest BCUT2D eigenvalue weighted by Gasteiger charge is -2.45. The normalized spacial score (nSPS) is 35.1. The molecule has 0 aromatic heterocycles. The van der Waals surface area contributed by atoms with Gasteiger partial charge in [0.1, 0.15) is 0 Å². The Morgan fingerprint density at radius 3 is 2.38 bits per heavy atom. The average Bonchev–Trinajstić information content (AvgIpc) is 2.51. The van der Waals surface area contributed by atoms with Gasteiger partial charge in [0.15, 0.2) is 0 Å². The summed E-state index contributed by atoms with van der Waals surface area (Å²) in [4.78, 5) is 7.98. The minimum Gasteiger partial charge on any atom is -0.315 e. The quantitative estimate of drug-likeness (QED) is 0.836. The Morgan fingerprint density at radius 2 is 1.67 bits per heavy atom. The first-order valence-electron chi connectivity index (χ1n) is 9.08. The first kappa shape index (κ1) is 15.7. The fourth-order valence-corrected chi connectivity index (χ4v) is 4.26. The van der Waals surface area contributed by atoms with Crippen LogP contribution < -0.4 is 5.32 Å². The van der Waals surface area contributed by atoms with Gasteiger partial charge in [-0.2, -0.15) is 0 Å². The lowest BCUT2D eigenvalue weighted by atomic mass is 9.88. The molecule has 4 heteroatoms. The van der Waals surface area contributed by atoms with E-state index in [4.69, 9.17) is 0 Å². The van der Waals surface area contributed by atoms with E-state index in [0.29, 0.717) is 0 Å². The first-order valence-corrected chi connectivity index (χ1v) is 9.08. The van der Waals surface area contributed by atoms with Gasteiger partial charge in [-0.25, -0.2) is 0 Å². The maximum absolute atomic E-state index is 3.65. The lowest BCUT2D eigenvalue weighted by Crippen LogP contribution is -2.57. The van der Waals surface area contributed by atoms with E-state index in [0.717, 1.165) is 17.9 Å². The molecule has 3 aliphatic rings. The largest absolute Gasteiger partial charge is 0.315 e. The third-order valence-corrected chi connectivity index (χ3v) is 5.97. The van der Waals surface area contributed by atoms with Crippen LogP contribution in [0.4, 0.5) is 0 Å². The monoisotopic (exact) mass is 294 g/mol. The van der Waals surface area contributed by atoms with Crippen molar-refractivity contribution in [3.63, 3.8) is 0 Å². The Bertz CT molecular complexity index is 306. The second kappa shape index (κ2) is 7.40. The van der Waals surface area contributed by atoms with Crippen LogP contribution in [0.1, 0.15) is 26.2 Å². The molecule has 0 aromatic rings. The van der Waals surface area contributed by atoms with Gasteiger partial charge in [-0.15, -0.1) is 0 Å². The molecule has 2 unspecified atom stereocenters. The summed E-state index contributed by atoms with van der Waals surface area (Å²) in [7, 11) is 2.25. The van der Waals surface area contributed by atoms with E-state index >= 15 is 0 Å². The Balaban J connectivity index is 1.54. The van der Waals surface area contributed by atoms with Crippen molar-refractivity contribution < 1.29 is 0 Å². The minimum absolute atomic E-state index is 0.783. The molecule has 3 aliphatic heterocycles. The van der Waals surface area contributed by atoms with E-state index in [-0.39, 0.29) is 0 Å². The number of piperidine rings is 2. The number of piperazine rings is 1. The van der Waals surface area contributed by atoms with Gasteiger partial charge in [0, 0.05) is 45.3 Å². The molecule has 0 spiro atoms. The number of hydrogen-bond acceptors (Lipinski definition) is 4. The molecule has 3 fully saturated rings. The van der Waals surface area contributed by atoms with Crippen molar-refractivity contribution in [2.45, 2.75) is 32.2 Å². The van der Waals surface area contributed by atoms with Crippen molar-refractivity contribution in [1.29, 1.82) is 0 Å². The number of likely N-dealkylation sites (N-methyl/N-ethyl adjacent to an activating group) is 1. The highest BCUT2D eigenvalue weighted by Crippen LogP contribution is 2.25. The number of nitrogens with zero attached hydrogens (tertiary/aromatic N) is 3. The Kier molecular flexibility index (Phi) is 5.54. The van der Waals surface area contributed by atoms with Crippen molar-refractivity contribution in [2.24, 2.45) is 11.8 Å². The summed E-state index contributed by atoms with van der Waals surface area (Å²) in [6.07, 6.45) is 4.17. The third kappa shape index (κ3) is 4.19. The molecular formula is C17H34N4. The average molecular weight is 294 g/mol. The van der Waals surface area contributed by atoms with Crippen LogP contribution in [0.15, 0.2) is 0 Å². The molecule has 0 amide bonds. The zero-order valence-corrected chi connectivity index (χ0v) is 14.1. The number of likely N-dealkylation sites (tertiary alicyclic amines) is 1. The molecule has 122 valence electrons. The maximum atomic E-state index is 3.65. The predicted molar refractivity (Wildman–Crippen MR) is 88.7 cm³/mol. The molecule has 0 bridgehead atoms. The van der Waals surface area contributed by atoms with Crippen LogP contribution in [0.2, 0.25) is 0 Å². The van der Waals surface area contributed by atoms with E-state index in [1.165, 1.54) is 78.2 Å². The highest BCUT2D eigenvalue weighted by molar-refractivity contribution is 4.90. The van der Waals surface area contributed by atoms with Crippen LogP contribution in [0.25, 0.3) is 0 Å². The minimum atomic E-state index is 0.783. The van der Waals surface area contributed by atoms with E-state index in [9.17, 15) is 0 Å². The van der Waals surface area contributed by atoms with E-state index in [1.54, 1.807) is 0 Å². The molecular weight excluding hydrogens is 260 g/mol. The molecule has 0 saturated carbocycles. The van der Waals surface area contributed by atoms with Gasteiger partial charge in [-0.3, -0.25) is 4.90 Å². The standard InChI is InChI=1S/C17H34N4/c1-15-4-7-21(8-5-15)17-13-18-6-3-16(17)14-20-11-9-19(2)10-12-20/h15-18H,3-14H2,1-2H3. The van der Waals surface area contributed by atoms with Gasteiger partial charge in [0.05, 0.1) is 0 Å². The summed E-state index contributed by atoms with van der Waals surface area (Å²) in [5.74, 6) is 1.82. The third-order valence-electron chi connectivity index (χ3n) is 5.97. The molecule has 0 aromatic carbocycles. The summed E-state index contributed by atoms with van der Waals surface area (Å²) >= 11 is 0. The number of hydrogen-bond donors (Lipinski definition) is 1. The summed E-state index contributed by atoms with van der Waals surface area (Å²) in [5, 5.41) is 3.65.